The first-order valence-corrected chi connectivity index (χ1v) is 7.61. The number of carbonyl (C=O) groups excluding carboxylic acids is 1. The highest BCUT2D eigenvalue weighted by Crippen LogP contribution is 2.20. The molecule has 1 aromatic carbocycles. The molecule has 2 heterocycles. The summed E-state index contributed by atoms with van der Waals surface area (Å²) in [7, 11) is 4.16. The Kier molecular flexibility index (Phi) is 3.97. The van der Waals surface area contributed by atoms with E-state index in [1.165, 1.54) is 17.3 Å². The lowest BCUT2D eigenvalue weighted by Crippen LogP contribution is -2.31. The Labute approximate surface area is 125 Å². The zero-order valence-corrected chi connectivity index (χ0v) is 12.8. The Morgan fingerprint density at radius 3 is 2.90 bits per heavy atom. The van der Waals surface area contributed by atoms with Crippen molar-refractivity contribution in [1.29, 1.82) is 0 Å². The molecule has 1 amide bonds. The molecule has 112 valence electrons. The summed E-state index contributed by atoms with van der Waals surface area (Å²) >= 11 is 0. The number of rotatable bonds is 4. The second-order valence-electron chi connectivity index (χ2n) is 6.18. The molecule has 4 heteroatoms. The fraction of sp³-hybridized carbons (Fsp3) is 0.471. The molecular weight excluding hydrogens is 262 g/mol. The maximum absolute atomic E-state index is 12.2. The fourth-order valence-electron chi connectivity index (χ4n) is 3.25. The third kappa shape index (κ3) is 3.10. The molecular formula is C17H23N3O. The van der Waals surface area contributed by atoms with Gasteiger partial charge in [0.05, 0.1) is 6.42 Å². The lowest BCUT2D eigenvalue weighted by atomic mass is 10.1. The second kappa shape index (κ2) is 5.90. The number of carbonyl (C=O) groups is 1. The number of aromatic nitrogens is 1. The molecule has 0 spiro atoms. The van der Waals surface area contributed by atoms with Crippen molar-refractivity contribution in [3.63, 3.8) is 0 Å². The van der Waals surface area contributed by atoms with Crippen LogP contribution in [0.15, 0.2) is 30.5 Å². The number of hydrogen-bond acceptors (Lipinski definition) is 2. The summed E-state index contributed by atoms with van der Waals surface area (Å²) in [6.07, 6.45) is 3.71. The van der Waals surface area contributed by atoms with E-state index in [1.807, 2.05) is 19.2 Å². The maximum atomic E-state index is 12.2. The zero-order chi connectivity index (χ0) is 14.8. The summed E-state index contributed by atoms with van der Waals surface area (Å²) in [6.45, 7) is 3.03. The molecule has 0 radical (unpaired) electrons. The molecule has 1 N–H and O–H groups in total. The Morgan fingerprint density at radius 2 is 2.14 bits per heavy atom. The Bertz CT molecular complexity index is 647. The van der Waals surface area contributed by atoms with Gasteiger partial charge in [0.2, 0.25) is 5.91 Å². The zero-order valence-electron chi connectivity index (χ0n) is 12.8. The predicted octanol–water partition coefficient (Wildman–Crippen LogP) is 1.79. The molecule has 1 aliphatic heterocycles. The standard InChI is InChI=1S/C17H23N3O/c1-19-8-7-13(11-19)10-18-17(21)9-14-12-20(2)16-6-4-3-5-15(14)16/h3-6,12-13H,7-11H2,1-2H3,(H,18,21). The van der Waals surface area contributed by atoms with E-state index in [2.05, 4.69) is 40.2 Å². The van der Waals surface area contributed by atoms with E-state index in [9.17, 15) is 4.79 Å². The third-order valence-corrected chi connectivity index (χ3v) is 4.41. The molecule has 2 aromatic rings. The van der Waals surface area contributed by atoms with Gasteiger partial charge >= 0.3 is 0 Å². The Balaban J connectivity index is 1.61. The SMILES string of the molecule is CN1CCC(CNC(=O)Cc2cn(C)c3ccccc23)C1. The minimum absolute atomic E-state index is 0.126. The van der Waals surface area contributed by atoms with Gasteiger partial charge in [-0.1, -0.05) is 18.2 Å². The van der Waals surface area contributed by atoms with Crippen LogP contribution in [0.1, 0.15) is 12.0 Å². The minimum atomic E-state index is 0.126. The second-order valence-corrected chi connectivity index (χ2v) is 6.18. The van der Waals surface area contributed by atoms with Gasteiger partial charge < -0.3 is 14.8 Å². The number of para-hydroxylation sites is 1. The van der Waals surface area contributed by atoms with Crippen LogP contribution in [0, 0.1) is 5.92 Å². The van der Waals surface area contributed by atoms with Crippen molar-refractivity contribution in [1.82, 2.24) is 14.8 Å². The van der Waals surface area contributed by atoms with Gasteiger partial charge in [0.25, 0.3) is 0 Å². The molecule has 1 atom stereocenters. The topological polar surface area (TPSA) is 37.3 Å². The Hall–Kier alpha value is -1.81. The van der Waals surface area contributed by atoms with Crippen LogP contribution >= 0.6 is 0 Å². The highest BCUT2D eigenvalue weighted by Gasteiger charge is 2.20. The van der Waals surface area contributed by atoms with Crippen molar-refractivity contribution >= 4 is 16.8 Å². The van der Waals surface area contributed by atoms with Crippen LogP contribution in [0.4, 0.5) is 0 Å². The van der Waals surface area contributed by atoms with Crippen molar-refractivity contribution in [2.24, 2.45) is 13.0 Å². The molecule has 3 rings (SSSR count). The molecule has 1 fully saturated rings. The summed E-state index contributed by atoms with van der Waals surface area (Å²) in [6, 6.07) is 8.23. The van der Waals surface area contributed by atoms with E-state index in [0.29, 0.717) is 12.3 Å². The summed E-state index contributed by atoms with van der Waals surface area (Å²) in [5.74, 6) is 0.729. The average Bonchev–Trinajstić information content (AvgIpc) is 3.02. The van der Waals surface area contributed by atoms with Crippen LogP contribution in [0.3, 0.4) is 0 Å². The van der Waals surface area contributed by atoms with E-state index in [-0.39, 0.29) is 5.91 Å². The van der Waals surface area contributed by atoms with Crippen LogP contribution in [0.2, 0.25) is 0 Å². The lowest BCUT2D eigenvalue weighted by molar-refractivity contribution is -0.120. The van der Waals surface area contributed by atoms with E-state index < -0.39 is 0 Å². The predicted molar refractivity (Wildman–Crippen MR) is 85.2 cm³/mol. The number of amides is 1. The number of benzene rings is 1. The van der Waals surface area contributed by atoms with Gasteiger partial charge in [0.15, 0.2) is 0 Å². The minimum Gasteiger partial charge on any atom is -0.355 e. The van der Waals surface area contributed by atoms with Gasteiger partial charge in [0.1, 0.15) is 0 Å². The van der Waals surface area contributed by atoms with Crippen molar-refractivity contribution in [2.75, 3.05) is 26.7 Å². The molecule has 4 nitrogen and oxygen atoms in total. The third-order valence-electron chi connectivity index (χ3n) is 4.41. The number of likely N-dealkylation sites (tertiary alicyclic amines) is 1. The van der Waals surface area contributed by atoms with Crippen molar-refractivity contribution in [3.05, 3.63) is 36.0 Å². The number of hydrogen-bond donors (Lipinski definition) is 1. The first kappa shape index (κ1) is 14.1. The normalized spacial score (nSPS) is 19.2. The molecule has 0 aliphatic carbocycles. The van der Waals surface area contributed by atoms with Crippen LogP contribution in [0.25, 0.3) is 10.9 Å². The van der Waals surface area contributed by atoms with E-state index in [4.69, 9.17) is 0 Å². The lowest BCUT2D eigenvalue weighted by Gasteiger charge is -2.11. The average molecular weight is 285 g/mol. The maximum Gasteiger partial charge on any atom is 0.224 e. The van der Waals surface area contributed by atoms with Crippen LogP contribution in [-0.2, 0) is 18.3 Å². The molecule has 0 bridgehead atoms. The summed E-state index contributed by atoms with van der Waals surface area (Å²) in [5, 5.41) is 4.27. The van der Waals surface area contributed by atoms with Crippen molar-refractivity contribution in [3.8, 4) is 0 Å². The molecule has 1 aromatic heterocycles. The van der Waals surface area contributed by atoms with Crippen molar-refractivity contribution < 1.29 is 4.79 Å². The van der Waals surface area contributed by atoms with E-state index in [1.54, 1.807) is 0 Å². The summed E-state index contributed by atoms with van der Waals surface area (Å²) in [5.41, 5.74) is 2.28. The largest absolute Gasteiger partial charge is 0.355 e. The van der Waals surface area contributed by atoms with E-state index >= 15 is 0 Å². The molecule has 0 saturated carbocycles. The van der Waals surface area contributed by atoms with Gasteiger partial charge in [-0.3, -0.25) is 4.79 Å². The Morgan fingerprint density at radius 1 is 1.33 bits per heavy atom. The first-order valence-electron chi connectivity index (χ1n) is 7.61. The van der Waals surface area contributed by atoms with Gasteiger partial charge in [-0.2, -0.15) is 0 Å². The molecule has 21 heavy (non-hydrogen) atoms. The smallest absolute Gasteiger partial charge is 0.224 e. The van der Waals surface area contributed by atoms with Gasteiger partial charge in [-0.05, 0) is 37.6 Å². The quantitative estimate of drug-likeness (QED) is 0.930. The monoisotopic (exact) mass is 285 g/mol. The number of aryl methyl sites for hydroxylation is 1. The molecule has 1 aliphatic rings. The highest BCUT2D eigenvalue weighted by atomic mass is 16.1. The van der Waals surface area contributed by atoms with Crippen LogP contribution in [-0.4, -0.2) is 42.1 Å². The van der Waals surface area contributed by atoms with Gasteiger partial charge in [-0.25, -0.2) is 0 Å². The number of fused-ring (bicyclic) bond motifs is 1. The first-order chi connectivity index (χ1) is 10.1. The summed E-state index contributed by atoms with van der Waals surface area (Å²) < 4.78 is 2.09. The molecule has 1 saturated heterocycles. The van der Waals surface area contributed by atoms with Crippen LogP contribution in [0.5, 0.6) is 0 Å². The van der Waals surface area contributed by atoms with Crippen molar-refractivity contribution in [2.45, 2.75) is 12.8 Å². The number of nitrogens with one attached hydrogen (secondary N) is 1. The fourth-order valence-corrected chi connectivity index (χ4v) is 3.25. The van der Waals surface area contributed by atoms with Gasteiger partial charge in [-0.15, -0.1) is 0 Å². The van der Waals surface area contributed by atoms with Gasteiger partial charge in [0, 0.05) is 37.2 Å². The van der Waals surface area contributed by atoms with Crippen LogP contribution < -0.4 is 5.32 Å². The van der Waals surface area contributed by atoms with E-state index in [0.717, 1.165) is 25.2 Å². The molecule has 1 unspecified atom stereocenters. The highest BCUT2D eigenvalue weighted by molar-refractivity contribution is 5.89. The summed E-state index contributed by atoms with van der Waals surface area (Å²) in [4.78, 5) is 14.5. The number of nitrogens with zero attached hydrogens (tertiary/aromatic N) is 2.